The van der Waals surface area contributed by atoms with Crippen LogP contribution < -0.4 is 4.90 Å². The van der Waals surface area contributed by atoms with E-state index in [1.165, 1.54) is 18.4 Å². The number of rotatable bonds is 4. The van der Waals surface area contributed by atoms with Gasteiger partial charge in [-0.2, -0.15) is 0 Å². The number of hydrogen-bond acceptors (Lipinski definition) is 6. The third kappa shape index (κ3) is 4.51. The standard InChI is InChI=1S/C23H33N5O2/c1-4-30-23(29)28-14-12-27(13-15-28)22-19-7-5-6-18(3)21(19)24-20(25-22)16-26-10-8-17(2)9-11-26/h5-7,17H,4,8-16H2,1-3H3. The minimum absolute atomic E-state index is 0.222. The fraction of sp³-hybridized carbons (Fsp3) is 0.609. The summed E-state index contributed by atoms with van der Waals surface area (Å²) in [5, 5.41) is 1.09. The lowest BCUT2D eigenvalue weighted by molar-refractivity contribution is 0.105. The van der Waals surface area contributed by atoms with Crippen LogP contribution in [0.15, 0.2) is 18.2 Å². The van der Waals surface area contributed by atoms with Crippen LogP contribution in [0.3, 0.4) is 0 Å². The Labute approximate surface area is 179 Å². The molecule has 0 N–H and O–H groups in total. The second-order valence-corrected chi connectivity index (χ2v) is 8.57. The maximum absolute atomic E-state index is 12.1. The van der Waals surface area contributed by atoms with E-state index in [0.29, 0.717) is 19.7 Å². The first-order chi connectivity index (χ1) is 14.5. The van der Waals surface area contributed by atoms with Gasteiger partial charge in [-0.3, -0.25) is 4.90 Å². The van der Waals surface area contributed by atoms with E-state index >= 15 is 0 Å². The molecule has 4 rings (SSSR count). The van der Waals surface area contributed by atoms with Crippen molar-refractivity contribution in [2.45, 2.75) is 40.2 Å². The maximum Gasteiger partial charge on any atom is 0.409 e. The Morgan fingerprint density at radius 2 is 1.83 bits per heavy atom. The van der Waals surface area contributed by atoms with Gasteiger partial charge in [0.15, 0.2) is 0 Å². The molecule has 2 aromatic rings. The number of amides is 1. The molecule has 1 aromatic carbocycles. The molecule has 7 nitrogen and oxygen atoms in total. The average Bonchev–Trinajstić information content (AvgIpc) is 2.76. The first kappa shape index (κ1) is 20.8. The number of hydrogen-bond donors (Lipinski definition) is 0. The molecular weight excluding hydrogens is 378 g/mol. The van der Waals surface area contributed by atoms with Gasteiger partial charge in [0, 0.05) is 31.6 Å². The number of aryl methyl sites for hydroxylation is 1. The van der Waals surface area contributed by atoms with Crippen LogP contribution in [0.5, 0.6) is 0 Å². The Morgan fingerprint density at radius 1 is 1.10 bits per heavy atom. The van der Waals surface area contributed by atoms with Gasteiger partial charge < -0.3 is 14.5 Å². The van der Waals surface area contributed by atoms with Crippen molar-refractivity contribution in [1.82, 2.24) is 19.8 Å². The Balaban J connectivity index is 1.57. The highest BCUT2D eigenvalue weighted by molar-refractivity contribution is 5.91. The van der Waals surface area contributed by atoms with Crippen molar-refractivity contribution in [2.24, 2.45) is 5.92 Å². The molecule has 0 bridgehead atoms. The molecule has 0 radical (unpaired) electrons. The van der Waals surface area contributed by atoms with Crippen LogP contribution in [0.4, 0.5) is 10.6 Å². The molecule has 1 aromatic heterocycles. The van der Waals surface area contributed by atoms with Gasteiger partial charge in [0.05, 0.1) is 18.7 Å². The van der Waals surface area contributed by atoms with Crippen molar-refractivity contribution in [3.63, 3.8) is 0 Å². The fourth-order valence-corrected chi connectivity index (χ4v) is 4.37. The molecule has 0 unspecified atom stereocenters. The number of ether oxygens (including phenoxy) is 1. The quantitative estimate of drug-likeness (QED) is 0.768. The molecule has 0 spiro atoms. The molecule has 30 heavy (non-hydrogen) atoms. The number of likely N-dealkylation sites (tertiary alicyclic amines) is 1. The highest BCUT2D eigenvalue weighted by Crippen LogP contribution is 2.28. The largest absolute Gasteiger partial charge is 0.450 e. The Kier molecular flexibility index (Phi) is 6.37. The third-order valence-corrected chi connectivity index (χ3v) is 6.30. The molecule has 162 valence electrons. The summed E-state index contributed by atoms with van der Waals surface area (Å²) in [6.45, 7) is 12.5. The Bertz CT molecular complexity index is 887. The smallest absolute Gasteiger partial charge is 0.409 e. The zero-order chi connectivity index (χ0) is 21.1. The molecular formula is C23H33N5O2. The minimum atomic E-state index is -0.222. The zero-order valence-corrected chi connectivity index (χ0v) is 18.4. The number of nitrogens with zero attached hydrogens (tertiary/aromatic N) is 5. The number of piperidine rings is 1. The van der Waals surface area contributed by atoms with Crippen LogP contribution in [0.2, 0.25) is 0 Å². The van der Waals surface area contributed by atoms with Crippen molar-refractivity contribution in [3.8, 4) is 0 Å². The number of aromatic nitrogens is 2. The normalized spacial score (nSPS) is 18.8. The molecule has 7 heteroatoms. The lowest BCUT2D eigenvalue weighted by atomic mass is 9.99. The predicted molar refractivity (Wildman–Crippen MR) is 119 cm³/mol. The number of para-hydroxylation sites is 1. The summed E-state index contributed by atoms with van der Waals surface area (Å²) in [6, 6.07) is 6.30. The van der Waals surface area contributed by atoms with Crippen molar-refractivity contribution >= 4 is 22.8 Å². The molecule has 2 aliphatic heterocycles. The molecule has 2 saturated heterocycles. The molecule has 0 saturated carbocycles. The van der Waals surface area contributed by atoms with Gasteiger partial charge in [0.25, 0.3) is 0 Å². The van der Waals surface area contributed by atoms with Crippen LogP contribution in [0, 0.1) is 12.8 Å². The van der Waals surface area contributed by atoms with Crippen LogP contribution in [-0.2, 0) is 11.3 Å². The molecule has 0 aliphatic carbocycles. The highest BCUT2D eigenvalue weighted by Gasteiger charge is 2.25. The van der Waals surface area contributed by atoms with Crippen LogP contribution in [0.1, 0.15) is 38.1 Å². The number of carbonyl (C=O) groups is 1. The average molecular weight is 412 g/mol. The van der Waals surface area contributed by atoms with Crippen molar-refractivity contribution in [2.75, 3.05) is 50.8 Å². The monoisotopic (exact) mass is 411 g/mol. The second kappa shape index (κ2) is 9.16. The third-order valence-electron chi connectivity index (χ3n) is 6.30. The maximum atomic E-state index is 12.1. The highest BCUT2D eigenvalue weighted by atomic mass is 16.6. The Morgan fingerprint density at radius 3 is 2.53 bits per heavy atom. The molecule has 0 atom stereocenters. The summed E-state index contributed by atoms with van der Waals surface area (Å²) in [6.07, 6.45) is 2.27. The molecule has 1 amide bonds. The lowest BCUT2D eigenvalue weighted by Gasteiger charge is -2.35. The van der Waals surface area contributed by atoms with Gasteiger partial charge in [0.2, 0.25) is 0 Å². The van der Waals surface area contributed by atoms with E-state index < -0.39 is 0 Å². The van der Waals surface area contributed by atoms with E-state index in [1.54, 1.807) is 4.90 Å². The van der Waals surface area contributed by atoms with Crippen molar-refractivity contribution in [1.29, 1.82) is 0 Å². The minimum Gasteiger partial charge on any atom is -0.450 e. The molecule has 3 heterocycles. The van der Waals surface area contributed by atoms with E-state index in [4.69, 9.17) is 14.7 Å². The summed E-state index contributed by atoms with van der Waals surface area (Å²) in [7, 11) is 0. The summed E-state index contributed by atoms with van der Waals surface area (Å²) in [5.74, 6) is 2.70. The number of anilines is 1. The molecule has 2 fully saturated rings. The fourth-order valence-electron chi connectivity index (χ4n) is 4.37. The first-order valence-electron chi connectivity index (χ1n) is 11.2. The van der Waals surface area contributed by atoms with Gasteiger partial charge in [0.1, 0.15) is 11.6 Å². The number of piperazine rings is 1. The first-order valence-corrected chi connectivity index (χ1v) is 11.2. The van der Waals surface area contributed by atoms with Crippen LogP contribution in [0.25, 0.3) is 10.9 Å². The zero-order valence-electron chi connectivity index (χ0n) is 18.4. The topological polar surface area (TPSA) is 61.8 Å². The van der Waals surface area contributed by atoms with E-state index in [2.05, 4.69) is 41.8 Å². The van der Waals surface area contributed by atoms with Gasteiger partial charge in [-0.1, -0.05) is 19.1 Å². The van der Waals surface area contributed by atoms with Crippen LogP contribution >= 0.6 is 0 Å². The summed E-state index contributed by atoms with van der Waals surface area (Å²) in [5.41, 5.74) is 2.21. The number of benzene rings is 1. The van der Waals surface area contributed by atoms with E-state index in [1.807, 2.05) is 6.92 Å². The summed E-state index contributed by atoms with van der Waals surface area (Å²) in [4.78, 5) is 28.6. The van der Waals surface area contributed by atoms with Gasteiger partial charge in [-0.15, -0.1) is 0 Å². The van der Waals surface area contributed by atoms with Crippen molar-refractivity contribution < 1.29 is 9.53 Å². The number of fused-ring (bicyclic) bond motifs is 1. The number of carbonyl (C=O) groups excluding carboxylic acids is 1. The summed E-state index contributed by atoms with van der Waals surface area (Å²) >= 11 is 0. The van der Waals surface area contributed by atoms with Gasteiger partial charge in [-0.25, -0.2) is 14.8 Å². The van der Waals surface area contributed by atoms with E-state index in [0.717, 1.165) is 61.2 Å². The SMILES string of the molecule is CCOC(=O)N1CCN(c2nc(CN3CCC(C)CC3)nc3c(C)cccc23)CC1. The Hall–Kier alpha value is -2.41. The van der Waals surface area contributed by atoms with E-state index in [-0.39, 0.29) is 6.09 Å². The van der Waals surface area contributed by atoms with Gasteiger partial charge >= 0.3 is 6.09 Å². The lowest BCUT2D eigenvalue weighted by Crippen LogP contribution is -2.49. The second-order valence-electron chi connectivity index (χ2n) is 8.57. The summed E-state index contributed by atoms with van der Waals surface area (Å²) < 4.78 is 5.16. The molecule has 2 aliphatic rings. The van der Waals surface area contributed by atoms with E-state index in [9.17, 15) is 4.79 Å². The van der Waals surface area contributed by atoms with Crippen LogP contribution in [-0.4, -0.2) is 71.7 Å². The van der Waals surface area contributed by atoms with Gasteiger partial charge in [-0.05, 0) is 57.3 Å². The van der Waals surface area contributed by atoms with Crippen molar-refractivity contribution in [3.05, 3.63) is 29.6 Å². The predicted octanol–water partition coefficient (Wildman–Crippen LogP) is 3.45.